The van der Waals surface area contributed by atoms with Crippen LogP contribution in [0.5, 0.6) is 0 Å². The van der Waals surface area contributed by atoms with E-state index in [0.29, 0.717) is 0 Å². The maximum Gasteiger partial charge on any atom is 0.163 e. The van der Waals surface area contributed by atoms with Crippen LogP contribution in [0.1, 0.15) is 16.1 Å². The molecular formula is C24H20N4S. The van der Waals surface area contributed by atoms with Crippen molar-refractivity contribution in [2.45, 2.75) is 20.8 Å². The van der Waals surface area contributed by atoms with E-state index in [4.69, 9.17) is 0 Å². The van der Waals surface area contributed by atoms with Gasteiger partial charge in [-0.05, 0) is 73.4 Å². The van der Waals surface area contributed by atoms with Crippen molar-refractivity contribution in [2.24, 2.45) is 0 Å². The van der Waals surface area contributed by atoms with Crippen LogP contribution in [0.2, 0.25) is 0 Å². The summed E-state index contributed by atoms with van der Waals surface area (Å²) in [7, 11) is 0. The third kappa shape index (κ3) is 3.13. The van der Waals surface area contributed by atoms with Crippen molar-refractivity contribution in [2.75, 3.05) is 0 Å². The van der Waals surface area contributed by atoms with E-state index in [0.717, 1.165) is 27.6 Å². The fourth-order valence-corrected chi connectivity index (χ4v) is 4.73. The van der Waals surface area contributed by atoms with E-state index < -0.39 is 0 Å². The summed E-state index contributed by atoms with van der Waals surface area (Å²) in [5, 5.41) is 5.64. The molecule has 2 heterocycles. The van der Waals surface area contributed by atoms with E-state index in [1.165, 1.54) is 27.0 Å². The van der Waals surface area contributed by atoms with Crippen molar-refractivity contribution in [1.29, 1.82) is 0 Å². The van der Waals surface area contributed by atoms with Gasteiger partial charge in [-0.2, -0.15) is 5.10 Å². The van der Waals surface area contributed by atoms with Gasteiger partial charge < -0.3 is 0 Å². The maximum atomic E-state index is 4.58. The molecular weight excluding hydrogens is 376 g/mol. The Balaban J connectivity index is 1.63. The molecule has 5 rings (SSSR count). The molecule has 2 aromatic heterocycles. The molecule has 0 aliphatic rings. The Morgan fingerprint density at radius 2 is 1.55 bits per heavy atom. The Kier molecular flexibility index (Phi) is 4.25. The Morgan fingerprint density at radius 3 is 2.31 bits per heavy atom. The molecule has 0 bridgehead atoms. The lowest BCUT2D eigenvalue weighted by Gasteiger charge is -2.15. The van der Waals surface area contributed by atoms with Crippen molar-refractivity contribution in [1.82, 2.24) is 19.7 Å². The fraction of sp³-hybridized carbons (Fsp3) is 0.125. The van der Waals surface area contributed by atoms with Gasteiger partial charge in [-0.15, -0.1) is 11.3 Å². The number of rotatable bonds is 3. The molecule has 0 amide bonds. The highest BCUT2D eigenvalue weighted by Crippen LogP contribution is 2.31. The average Bonchev–Trinajstić information content (AvgIpc) is 3.33. The van der Waals surface area contributed by atoms with Crippen molar-refractivity contribution in [3.8, 4) is 28.2 Å². The molecule has 29 heavy (non-hydrogen) atoms. The van der Waals surface area contributed by atoms with Crippen LogP contribution in [0.3, 0.4) is 0 Å². The van der Waals surface area contributed by atoms with Crippen LogP contribution in [0.25, 0.3) is 38.4 Å². The summed E-state index contributed by atoms with van der Waals surface area (Å²) in [6.07, 6.45) is 1.63. The molecule has 0 atom stereocenters. The summed E-state index contributed by atoms with van der Waals surface area (Å²) in [6, 6.07) is 21.2. The zero-order chi connectivity index (χ0) is 20.0. The smallest absolute Gasteiger partial charge is 0.163 e. The van der Waals surface area contributed by atoms with Gasteiger partial charge in [0, 0.05) is 5.56 Å². The molecule has 5 heteroatoms. The molecule has 0 saturated carbocycles. The predicted molar refractivity (Wildman–Crippen MR) is 120 cm³/mol. The van der Waals surface area contributed by atoms with Gasteiger partial charge in [0.1, 0.15) is 6.33 Å². The van der Waals surface area contributed by atoms with Crippen molar-refractivity contribution in [3.05, 3.63) is 83.1 Å². The molecule has 0 saturated heterocycles. The fourth-order valence-electron chi connectivity index (χ4n) is 3.87. The van der Waals surface area contributed by atoms with E-state index >= 15 is 0 Å². The molecule has 0 unspecified atom stereocenters. The van der Waals surface area contributed by atoms with Gasteiger partial charge in [0.25, 0.3) is 0 Å². The molecule has 3 aromatic carbocycles. The summed E-state index contributed by atoms with van der Waals surface area (Å²) in [5.41, 5.74) is 7.93. The Bertz CT molecular complexity index is 1310. The van der Waals surface area contributed by atoms with Crippen LogP contribution in [0, 0.1) is 20.8 Å². The first-order chi connectivity index (χ1) is 14.1. The van der Waals surface area contributed by atoms with E-state index in [2.05, 4.69) is 83.5 Å². The minimum absolute atomic E-state index is 0.844. The van der Waals surface area contributed by atoms with Crippen LogP contribution in [0.15, 0.2) is 67.0 Å². The normalized spacial score (nSPS) is 11.3. The van der Waals surface area contributed by atoms with Gasteiger partial charge in [-0.25, -0.2) is 14.6 Å². The van der Waals surface area contributed by atoms with Crippen LogP contribution < -0.4 is 0 Å². The molecule has 0 aliphatic heterocycles. The van der Waals surface area contributed by atoms with Gasteiger partial charge in [0.2, 0.25) is 0 Å². The summed E-state index contributed by atoms with van der Waals surface area (Å²) in [6.45, 7) is 6.31. The van der Waals surface area contributed by atoms with Crippen LogP contribution in [-0.2, 0) is 0 Å². The number of hydrogen-bond donors (Lipinski definition) is 0. The van der Waals surface area contributed by atoms with Gasteiger partial charge >= 0.3 is 0 Å². The number of aromatic nitrogens is 4. The molecule has 142 valence electrons. The zero-order valence-electron chi connectivity index (χ0n) is 16.5. The number of thiazole rings is 1. The number of nitrogens with zero attached hydrogens (tertiary/aromatic N) is 4. The molecule has 5 aromatic rings. The minimum atomic E-state index is 0.844. The Labute approximate surface area is 173 Å². The highest BCUT2D eigenvalue weighted by Gasteiger charge is 2.15. The highest BCUT2D eigenvalue weighted by molar-refractivity contribution is 7.18. The molecule has 0 fully saturated rings. The molecule has 0 radical (unpaired) electrons. The average molecular weight is 397 g/mol. The largest absolute Gasteiger partial charge is 0.242 e. The maximum absolute atomic E-state index is 4.58. The second-order valence-corrected chi connectivity index (χ2v) is 8.47. The van der Waals surface area contributed by atoms with Gasteiger partial charge in [-0.1, -0.05) is 30.3 Å². The first-order valence-electron chi connectivity index (χ1n) is 9.55. The summed E-state index contributed by atoms with van der Waals surface area (Å²) in [4.78, 5) is 9.13. The zero-order valence-corrected chi connectivity index (χ0v) is 17.4. The number of benzene rings is 3. The van der Waals surface area contributed by atoms with Gasteiger partial charge in [0.15, 0.2) is 5.82 Å². The predicted octanol–water partition coefficient (Wildman–Crippen LogP) is 6.14. The van der Waals surface area contributed by atoms with Crippen LogP contribution in [-0.4, -0.2) is 19.7 Å². The lowest BCUT2D eigenvalue weighted by atomic mass is 9.99. The third-order valence-corrected chi connectivity index (χ3v) is 6.04. The van der Waals surface area contributed by atoms with E-state index in [9.17, 15) is 0 Å². The molecule has 4 nitrogen and oxygen atoms in total. The minimum Gasteiger partial charge on any atom is -0.242 e. The van der Waals surface area contributed by atoms with Crippen molar-refractivity contribution in [3.63, 3.8) is 0 Å². The lowest BCUT2D eigenvalue weighted by molar-refractivity contribution is 0.871. The lowest BCUT2D eigenvalue weighted by Crippen LogP contribution is -2.05. The van der Waals surface area contributed by atoms with E-state index in [1.54, 1.807) is 17.7 Å². The standard InChI is InChI=1S/C24H20N4S/c1-15-11-20(18-7-5-4-6-8-18)12-16(2)23(15)28-24(25-14-26-28)19-9-10-21-22(13-19)29-17(3)27-21/h4-14H,1-3H3. The molecule has 0 spiro atoms. The van der Waals surface area contributed by atoms with Crippen LogP contribution >= 0.6 is 11.3 Å². The van der Waals surface area contributed by atoms with Crippen molar-refractivity contribution < 1.29 is 0 Å². The Hall–Kier alpha value is -3.31. The summed E-state index contributed by atoms with van der Waals surface area (Å²) >= 11 is 1.70. The summed E-state index contributed by atoms with van der Waals surface area (Å²) in [5.74, 6) is 0.844. The van der Waals surface area contributed by atoms with E-state index in [1.807, 2.05) is 17.7 Å². The van der Waals surface area contributed by atoms with Gasteiger partial charge in [0.05, 0.1) is 20.9 Å². The highest BCUT2D eigenvalue weighted by atomic mass is 32.1. The van der Waals surface area contributed by atoms with Gasteiger partial charge in [-0.3, -0.25) is 0 Å². The first kappa shape index (κ1) is 17.8. The van der Waals surface area contributed by atoms with E-state index in [-0.39, 0.29) is 0 Å². The monoisotopic (exact) mass is 396 g/mol. The molecule has 0 aliphatic carbocycles. The number of fused-ring (bicyclic) bond motifs is 1. The second kappa shape index (κ2) is 6.94. The SMILES string of the molecule is Cc1nc2ccc(-c3ncnn3-c3c(C)cc(-c4ccccc4)cc3C)cc2s1. The quantitative estimate of drug-likeness (QED) is 0.368. The summed E-state index contributed by atoms with van der Waals surface area (Å²) < 4.78 is 3.12. The topological polar surface area (TPSA) is 43.6 Å². The first-order valence-corrected chi connectivity index (χ1v) is 10.4. The third-order valence-electron chi connectivity index (χ3n) is 5.11. The molecule has 0 N–H and O–H groups in total. The second-order valence-electron chi connectivity index (χ2n) is 7.24. The number of hydrogen-bond acceptors (Lipinski definition) is 4. The van der Waals surface area contributed by atoms with Crippen molar-refractivity contribution >= 4 is 21.6 Å². The Morgan fingerprint density at radius 1 is 0.793 bits per heavy atom. The number of aryl methyl sites for hydroxylation is 3. The van der Waals surface area contributed by atoms with Crippen LogP contribution in [0.4, 0.5) is 0 Å².